The van der Waals surface area contributed by atoms with Gasteiger partial charge in [0, 0.05) is 19.5 Å². The number of fused-ring (bicyclic) bond motifs is 1. The van der Waals surface area contributed by atoms with Crippen molar-refractivity contribution in [3.63, 3.8) is 0 Å². The predicted octanol–water partition coefficient (Wildman–Crippen LogP) is 2.81. The molecule has 0 aliphatic carbocycles. The first kappa shape index (κ1) is 17.3. The van der Waals surface area contributed by atoms with Gasteiger partial charge in [0.1, 0.15) is 5.75 Å². The van der Waals surface area contributed by atoms with Crippen LogP contribution in [0.4, 0.5) is 5.69 Å². The van der Waals surface area contributed by atoms with Gasteiger partial charge in [-0.3, -0.25) is 9.59 Å². The smallest absolute Gasteiger partial charge is 0.265 e. The Labute approximate surface area is 138 Å². The van der Waals surface area contributed by atoms with E-state index in [1.165, 1.54) is 12.8 Å². The number of unbranched alkanes of at least 4 members (excludes halogenated alkanes) is 3. The van der Waals surface area contributed by atoms with Gasteiger partial charge in [-0.25, -0.2) is 0 Å². The number of hydrogen-bond acceptors (Lipinski definition) is 3. The van der Waals surface area contributed by atoms with Crippen LogP contribution in [0.5, 0.6) is 5.75 Å². The normalized spacial score (nSPS) is 13.5. The van der Waals surface area contributed by atoms with Gasteiger partial charge in [-0.15, -0.1) is 0 Å². The van der Waals surface area contributed by atoms with E-state index in [0.717, 1.165) is 24.1 Å². The molecule has 1 N–H and O–H groups in total. The molecule has 0 unspecified atom stereocenters. The number of carbonyl (C=O) groups excluding carboxylic acids is 2. The molecule has 5 nitrogen and oxygen atoms in total. The lowest BCUT2D eigenvalue weighted by Gasteiger charge is -2.29. The lowest BCUT2D eigenvalue weighted by atomic mass is 10.1. The number of benzene rings is 1. The predicted molar refractivity (Wildman–Crippen MR) is 90.8 cm³/mol. The number of amides is 2. The Morgan fingerprint density at radius 1 is 1.30 bits per heavy atom. The number of nitrogens with zero attached hydrogens (tertiary/aromatic N) is 1. The first-order valence-electron chi connectivity index (χ1n) is 8.42. The van der Waals surface area contributed by atoms with E-state index in [4.69, 9.17) is 4.74 Å². The van der Waals surface area contributed by atoms with Gasteiger partial charge in [-0.2, -0.15) is 0 Å². The molecule has 0 spiro atoms. The minimum Gasteiger partial charge on any atom is -0.482 e. The van der Waals surface area contributed by atoms with Crippen LogP contribution in [0.15, 0.2) is 18.2 Å². The van der Waals surface area contributed by atoms with Crippen molar-refractivity contribution in [3.05, 3.63) is 23.8 Å². The van der Waals surface area contributed by atoms with E-state index in [1.807, 2.05) is 25.1 Å². The molecule has 1 aliphatic heterocycles. The van der Waals surface area contributed by atoms with Gasteiger partial charge in [-0.1, -0.05) is 32.3 Å². The molecule has 1 aliphatic rings. The first-order chi connectivity index (χ1) is 11.1. The summed E-state index contributed by atoms with van der Waals surface area (Å²) >= 11 is 0. The largest absolute Gasteiger partial charge is 0.482 e. The Kier molecular flexibility index (Phi) is 6.44. The minimum atomic E-state index is -0.0999. The van der Waals surface area contributed by atoms with Crippen molar-refractivity contribution >= 4 is 17.5 Å². The fourth-order valence-corrected chi connectivity index (χ4v) is 2.64. The van der Waals surface area contributed by atoms with Gasteiger partial charge in [0.2, 0.25) is 5.91 Å². The highest BCUT2D eigenvalue weighted by Crippen LogP contribution is 2.32. The van der Waals surface area contributed by atoms with Crippen molar-refractivity contribution in [1.82, 2.24) is 5.32 Å². The summed E-state index contributed by atoms with van der Waals surface area (Å²) in [5, 5.41) is 2.92. The molecule has 0 bridgehead atoms. The Morgan fingerprint density at radius 2 is 2.13 bits per heavy atom. The lowest BCUT2D eigenvalue weighted by molar-refractivity contribution is -0.122. The van der Waals surface area contributed by atoms with Crippen LogP contribution in [0.3, 0.4) is 0 Å². The van der Waals surface area contributed by atoms with Gasteiger partial charge in [0.15, 0.2) is 6.61 Å². The SMILES string of the molecule is CCCCCCNC(=O)CCN1C(=O)COc2cc(C)ccc21. The fraction of sp³-hybridized carbons (Fsp3) is 0.556. The molecular formula is C18H26N2O3. The summed E-state index contributed by atoms with van der Waals surface area (Å²) < 4.78 is 5.46. The summed E-state index contributed by atoms with van der Waals surface area (Å²) in [5.74, 6) is 0.608. The van der Waals surface area contributed by atoms with Crippen LogP contribution in [-0.4, -0.2) is 31.5 Å². The van der Waals surface area contributed by atoms with Gasteiger partial charge in [0.25, 0.3) is 5.91 Å². The van der Waals surface area contributed by atoms with E-state index in [9.17, 15) is 9.59 Å². The van der Waals surface area contributed by atoms with E-state index in [0.29, 0.717) is 25.3 Å². The molecule has 23 heavy (non-hydrogen) atoms. The molecular weight excluding hydrogens is 292 g/mol. The van der Waals surface area contributed by atoms with Crippen molar-refractivity contribution in [2.75, 3.05) is 24.6 Å². The molecule has 2 amide bonds. The molecule has 1 aromatic carbocycles. The highest BCUT2D eigenvalue weighted by molar-refractivity contribution is 5.98. The lowest BCUT2D eigenvalue weighted by Crippen LogP contribution is -2.41. The van der Waals surface area contributed by atoms with Gasteiger partial charge >= 0.3 is 0 Å². The molecule has 0 saturated heterocycles. The number of ether oxygens (including phenoxy) is 1. The maximum Gasteiger partial charge on any atom is 0.265 e. The Morgan fingerprint density at radius 3 is 2.91 bits per heavy atom. The molecule has 0 saturated carbocycles. The quantitative estimate of drug-likeness (QED) is 0.750. The highest BCUT2D eigenvalue weighted by Gasteiger charge is 2.25. The van der Waals surface area contributed by atoms with Crippen LogP contribution in [0.1, 0.15) is 44.6 Å². The Balaban J connectivity index is 1.83. The van der Waals surface area contributed by atoms with Gasteiger partial charge in [-0.05, 0) is 31.0 Å². The van der Waals surface area contributed by atoms with Gasteiger partial charge < -0.3 is 15.0 Å². The molecule has 0 fully saturated rings. The van der Waals surface area contributed by atoms with Crippen molar-refractivity contribution in [3.8, 4) is 5.75 Å². The number of aryl methyl sites for hydroxylation is 1. The molecule has 2 rings (SSSR count). The topological polar surface area (TPSA) is 58.6 Å². The molecule has 5 heteroatoms. The average Bonchev–Trinajstić information content (AvgIpc) is 2.54. The van der Waals surface area contributed by atoms with Crippen LogP contribution >= 0.6 is 0 Å². The Hall–Kier alpha value is -2.04. The van der Waals surface area contributed by atoms with Crippen LogP contribution in [-0.2, 0) is 9.59 Å². The summed E-state index contributed by atoms with van der Waals surface area (Å²) in [5.41, 5.74) is 1.84. The third kappa shape index (κ3) is 4.98. The zero-order valence-electron chi connectivity index (χ0n) is 14.1. The minimum absolute atomic E-state index is 0.00514. The first-order valence-corrected chi connectivity index (χ1v) is 8.42. The highest BCUT2D eigenvalue weighted by atomic mass is 16.5. The van der Waals surface area contributed by atoms with Crippen LogP contribution in [0.2, 0.25) is 0 Å². The van der Waals surface area contributed by atoms with Crippen molar-refractivity contribution in [2.45, 2.75) is 46.0 Å². The zero-order chi connectivity index (χ0) is 16.7. The second-order valence-electron chi connectivity index (χ2n) is 5.97. The third-order valence-electron chi connectivity index (χ3n) is 3.97. The van der Waals surface area contributed by atoms with E-state index < -0.39 is 0 Å². The number of hydrogen-bond donors (Lipinski definition) is 1. The molecule has 0 atom stereocenters. The second-order valence-corrected chi connectivity index (χ2v) is 5.97. The standard InChI is InChI=1S/C18H26N2O3/c1-3-4-5-6-10-19-17(21)9-11-20-15-8-7-14(2)12-16(15)23-13-18(20)22/h7-8,12H,3-6,9-11,13H2,1-2H3,(H,19,21). The van der Waals surface area contributed by atoms with Gasteiger partial charge in [0.05, 0.1) is 5.69 Å². The molecule has 0 radical (unpaired) electrons. The van der Waals surface area contributed by atoms with Crippen molar-refractivity contribution in [1.29, 1.82) is 0 Å². The second kappa shape index (κ2) is 8.56. The molecule has 126 valence electrons. The van der Waals surface area contributed by atoms with E-state index in [-0.39, 0.29) is 18.4 Å². The maximum atomic E-state index is 12.1. The molecule has 1 heterocycles. The van der Waals surface area contributed by atoms with Crippen molar-refractivity contribution < 1.29 is 14.3 Å². The fourth-order valence-electron chi connectivity index (χ4n) is 2.64. The van der Waals surface area contributed by atoms with E-state index in [1.54, 1.807) is 4.90 Å². The van der Waals surface area contributed by atoms with E-state index >= 15 is 0 Å². The number of carbonyl (C=O) groups is 2. The number of nitrogens with one attached hydrogen (secondary N) is 1. The third-order valence-corrected chi connectivity index (χ3v) is 3.97. The Bertz CT molecular complexity index is 557. The zero-order valence-corrected chi connectivity index (χ0v) is 14.1. The molecule has 1 aromatic rings. The van der Waals surface area contributed by atoms with E-state index in [2.05, 4.69) is 12.2 Å². The van der Waals surface area contributed by atoms with Crippen molar-refractivity contribution in [2.24, 2.45) is 0 Å². The summed E-state index contributed by atoms with van der Waals surface area (Å²) in [4.78, 5) is 25.6. The summed E-state index contributed by atoms with van der Waals surface area (Å²) in [6.07, 6.45) is 4.86. The summed E-state index contributed by atoms with van der Waals surface area (Å²) in [7, 11) is 0. The summed E-state index contributed by atoms with van der Waals surface area (Å²) in [6, 6.07) is 5.74. The van der Waals surface area contributed by atoms with Crippen LogP contribution < -0.4 is 15.0 Å². The van der Waals surface area contributed by atoms with Crippen LogP contribution in [0.25, 0.3) is 0 Å². The number of rotatable bonds is 8. The summed E-state index contributed by atoms with van der Waals surface area (Å²) in [6.45, 7) is 5.29. The average molecular weight is 318 g/mol. The molecule has 0 aromatic heterocycles. The number of anilines is 1. The monoisotopic (exact) mass is 318 g/mol. The maximum absolute atomic E-state index is 12.1. The van der Waals surface area contributed by atoms with Crippen LogP contribution in [0, 0.1) is 6.92 Å².